The summed E-state index contributed by atoms with van der Waals surface area (Å²) >= 11 is 0. The highest BCUT2D eigenvalue weighted by molar-refractivity contribution is 5.80. The molecule has 0 aromatic carbocycles. The van der Waals surface area contributed by atoms with Gasteiger partial charge in [0.2, 0.25) is 5.91 Å². The Kier molecular flexibility index (Phi) is 4.75. The number of amides is 1. The summed E-state index contributed by atoms with van der Waals surface area (Å²) in [6.45, 7) is 5.86. The highest BCUT2D eigenvalue weighted by Gasteiger charge is 2.50. The van der Waals surface area contributed by atoms with Crippen molar-refractivity contribution in [1.82, 2.24) is 9.88 Å². The van der Waals surface area contributed by atoms with Gasteiger partial charge in [0, 0.05) is 25.3 Å². The molecule has 0 saturated carbocycles. The zero-order chi connectivity index (χ0) is 17.3. The van der Waals surface area contributed by atoms with Crippen molar-refractivity contribution in [2.45, 2.75) is 44.5 Å². The second-order valence-electron chi connectivity index (χ2n) is 7.48. The molecule has 0 radical (unpaired) electrons. The molecule has 0 bridgehead atoms. The molecular weight excluding hydrogens is 320 g/mol. The number of rotatable bonds is 4. The lowest BCUT2D eigenvalue weighted by atomic mass is 9.84. The van der Waals surface area contributed by atoms with Gasteiger partial charge in [-0.25, -0.2) is 0 Å². The Morgan fingerprint density at radius 2 is 2.24 bits per heavy atom. The Labute approximate surface area is 148 Å². The van der Waals surface area contributed by atoms with Crippen LogP contribution < -0.4 is 0 Å². The Morgan fingerprint density at radius 3 is 3.00 bits per heavy atom. The third kappa shape index (κ3) is 3.71. The molecule has 0 N–H and O–H groups in total. The quantitative estimate of drug-likeness (QED) is 0.830. The molecule has 4 rings (SSSR count). The van der Waals surface area contributed by atoms with Crippen LogP contribution in [0.15, 0.2) is 18.2 Å². The maximum Gasteiger partial charge on any atom is 0.228 e. The third-order valence-corrected chi connectivity index (χ3v) is 5.41. The summed E-state index contributed by atoms with van der Waals surface area (Å²) in [5.41, 5.74) is 1.76. The Hall–Kier alpha value is -1.50. The van der Waals surface area contributed by atoms with E-state index < -0.39 is 0 Å². The van der Waals surface area contributed by atoms with Crippen LogP contribution in [0.5, 0.6) is 0 Å². The van der Waals surface area contributed by atoms with Gasteiger partial charge >= 0.3 is 0 Å². The van der Waals surface area contributed by atoms with Gasteiger partial charge in [0.25, 0.3) is 0 Å². The van der Waals surface area contributed by atoms with Crippen molar-refractivity contribution >= 4 is 5.91 Å². The maximum atomic E-state index is 12.4. The summed E-state index contributed by atoms with van der Waals surface area (Å²) in [4.78, 5) is 18.8. The monoisotopic (exact) mass is 346 g/mol. The van der Waals surface area contributed by atoms with Crippen LogP contribution in [0.3, 0.4) is 0 Å². The molecule has 2 atom stereocenters. The highest BCUT2D eigenvalue weighted by Crippen LogP contribution is 2.36. The third-order valence-electron chi connectivity index (χ3n) is 5.41. The molecule has 3 fully saturated rings. The normalized spacial score (nSPS) is 28.1. The van der Waals surface area contributed by atoms with E-state index in [4.69, 9.17) is 14.2 Å². The number of hydrogen-bond donors (Lipinski definition) is 0. The molecule has 3 aliphatic rings. The molecule has 1 aromatic rings. The summed E-state index contributed by atoms with van der Waals surface area (Å²) in [7, 11) is 0. The molecule has 6 nitrogen and oxygen atoms in total. The summed E-state index contributed by atoms with van der Waals surface area (Å²) in [6.07, 6.45) is 2.77. The molecule has 6 heteroatoms. The number of carbonyl (C=O) groups excluding carboxylic acids is 1. The van der Waals surface area contributed by atoms with E-state index in [1.165, 1.54) is 0 Å². The smallest absolute Gasteiger partial charge is 0.228 e. The molecule has 4 heterocycles. The minimum atomic E-state index is -0.210. The summed E-state index contributed by atoms with van der Waals surface area (Å²) in [6, 6.07) is 5.99. The van der Waals surface area contributed by atoms with Gasteiger partial charge in [0.15, 0.2) is 0 Å². The van der Waals surface area contributed by atoms with Crippen molar-refractivity contribution in [3.05, 3.63) is 29.6 Å². The first kappa shape index (κ1) is 16.9. The highest BCUT2D eigenvalue weighted by atomic mass is 16.5. The number of hydrogen-bond acceptors (Lipinski definition) is 5. The fraction of sp³-hybridized carbons (Fsp3) is 0.684. The Balaban J connectivity index is 1.28. The first-order valence-electron chi connectivity index (χ1n) is 9.18. The van der Waals surface area contributed by atoms with Gasteiger partial charge in [0.1, 0.15) is 5.60 Å². The number of likely N-dealkylation sites (tertiary alicyclic amines) is 1. The van der Waals surface area contributed by atoms with Crippen LogP contribution >= 0.6 is 0 Å². The molecule has 0 aliphatic carbocycles. The minimum absolute atomic E-state index is 0.0420. The molecule has 136 valence electrons. The lowest BCUT2D eigenvalue weighted by molar-refractivity contribution is -0.204. The zero-order valence-electron chi connectivity index (χ0n) is 14.8. The SMILES string of the molecule is Cc1cccc(CO[C@H]2CCOC3(C2)CN(C(=O)[C@H]2CCOC2)C3)n1. The molecule has 3 aliphatic heterocycles. The van der Waals surface area contributed by atoms with Gasteiger partial charge in [-0.05, 0) is 31.9 Å². The molecule has 1 spiro atoms. The van der Waals surface area contributed by atoms with Crippen molar-refractivity contribution in [1.29, 1.82) is 0 Å². The van der Waals surface area contributed by atoms with Gasteiger partial charge < -0.3 is 19.1 Å². The second kappa shape index (κ2) is 7.02. The van der Waals surface area contributed by atoms with Crippen LogP contribution in [0.4, 0.5) is 0 Å². The van der Waals surface area contributed by atoms with Gasteiger partial charge in [-0.1, -0.05) is 6.07 Å². The number of nitrogens with zero attached hydrogens (tertiary/aromatic N) is 2. The average Bonchev–Trinajstić information content (AvgIpc) is 3.12. The van der Waals surface area contributed by atoms with Crippen LogP contribution in [-0.4, -0.2) is 60.4 Å². The standard InChI is InChI=1S/C19H26N2O4/c1-14-3-2-4-16(20-14)11-24-17-6-8-25-19(9-17)12-21(13-19)18(22)15-5-7-23-10-15/h2-4,15,17H,5-13H2,1H3/t15-,17-/m0/s1. The number of aromatic nitrogens is 1. The topological polar surface area (TPSA) is 60.9 Å². The molecule has 1 aromatic heterocycles. The first-order chi connectivity index (χ1) is 12.1. The van der Waals surface area contributed by atoms with Crippen LogP contribution in [0.2, 0.25) is 0 Å². The number of ether oxygens (including phenoxy) is 3. The maximum absolute atomic E-state index is 12.4. The number of carbonyl (C=O) groups is 1. The van der Waals surface area contributed by atoms with E-state index in [0.29, 0.717) is 39.5 Å². The van der Waals surface area contributed by atoms with E-state index in [2.05, 4.69) is 4.98 Å². The van der Waals surface area contributed by atoms with Gasteiger partial charge in [0.05, 0.1) is 44.0 Å². The van der Waals surface area contributed by atoms with E-state index in [1.807, 2.05) is 30.0 Å². The van der Waals surface area contributed by atoms with E-state index >= 15 is 0 Å². The number of aryl methyl sites for hydroxylation is 1. The Morgan fingerprint density at radius 1 is 1.36 bits per heavy atom. The lowest BCUT2D eigenvalue weighted by Gasteiger charge is -2.53. The predicted molar refractivity (Wildman–Crippen MR) is 91.0 cm³/mol. The van der Waals surface area contributed by atoms with E-state index in [0.717, 1.165) is 30.7 Å². The van der Waals surface area contributed by atoms with Crippen molar-refractivity contribution in [2.75, 3.05) is 32.9 Å². The van der Waals surface area contributed by atoms with E-state index in [9.17, 15) is 4.79 Å². The largest absolute Gasteiger partial charge is 0.381 e. The van der Waals surface area contributed by atoms with Crippen molar-refractivity contribution in [2.24, 2.45) is 5.92 Å². The summed E-state index contributed by atoms with van der Waals surface area (Å²) < 4.78 is 17.4. The van der Waals surface area contributed by atoms with E-state index in [1.54, 1.807) is 0 Å². The lowest BCUT2D eigenvalue weighted by Crippen LogP contribution is -2.68. The van der Waals surface area contributed by atoms with Crippen LogP contribution in [0.25, 0.3) is 0 Å². The second-order valence-corrected chi connectivity index (χ2v) is 7.48. The van der Waals surface area contributed by atoms with Crippen molar-refractivity contribution in [3.63, 3.8) is 0 Å². The van der Waals surface area contributed by atoms with E-state index in [-0.39, 0.29) is 23.5 Å². The summed E-state index contributed by atoms with van der Waals surface area (Å²) in [5.74, 6) is 0.263. The van der Waals surface area contributed by atoms with Gasteiger partial charge in [-0.2, -0.15) is 0 Å². The molecule has 0 unspecified atom stereocenters. The summed E-state index contributed by atoms with van der Waals surface area (Å²) in [5, 5.41) is 0. The molecular formula is C19H26N2O4. The fourth-order valence-electron chi connectivity index (χ4n) is 4.02. The fourth-order valence-corrected chi connectivity index (χ4v) is 4.02. The zero-order valence-corrected chi connectivity index (χ0v) is 14.8. The van der Waals surface area contributed by atoms with Gasteiger partial charge in [-0.3, -0.25) is 9.78 Å². The first-order valence-corrected chi connectivity index (χ1v) is 9.18. The predicted octanol–water partition coefficient (Wildman–Crippen LogP) is 1.70. The Bertz CT molecular complexity index is 624. The number of pyridine rings is 1. The van der Waals surface area contributed by atoms with Crippen LogP contribution in [0.1, 0.15) is 30.7 Å². The van der Waals surface area contributed by atoms with Crippen LogP contribution in [0, 0.1) is 12.8 Å². The minimum Gasteiger partial charge on any atom is -0.381 e. The van der Waals surface area contributed by atoms with Crippen molar-refractivity contribution < 1.29 is 19.0 Å². The van der Waals surface area contributed by atoms with Gasteiger partial charge in [-0.15, -0.1) is 0 Å². The van der Waals surface area contributed by atoms with Crippen LogP contribution in [-0.2, 0) is 25.6 Å². The molecule has 1 amide bonds. The van der Waals surface area contributed by atoms with Crippen molar-refractivity contribution in [3.8, 4) is 0 Å². The molecule has 3 saturated heterocycles. The molecule has 25 heavy (non-hydrogen) atoms. The average molecular weight is 346 g/mol.